The lowest BCUT2D eigenvalue weighted by Gasteiger charge is -2.34. The first-order chi connectivity index (χ1) is 8.70. The topological polar surface area (TPSA) is 52.6 Å². The fourth-order valence-electron chi connectivity index (χ4n) is 3.10. The number of nitrogens with zero attached hydrogens (tertiary/aromatic N) is 1. The summed E-state index contributed by atoms with van der Waals surface area (Å²) in [5.74, 6) is 0. The van der Waals surface area contributed by atoms with Gasteiger partial charge in [-0.25, -0.2) is 4.79 Å². The van der Waals surface area contributed by atoms with Gasteiger partial charge in [0.05, 0.1) is 0 Å². The molecule has 1 aromatic rings. The molecule has 1 atom stereocenters. The summed E-state index contributed by atoms with van der Waals surface area (Å²) in [5, 5.41) is 11.4. The maximum Gasteiger partial charge on any atom is 0.404 e. The highest BCUT2D eigenvalue weighted by Crippen LogP contribution is 2.54. The molecule has 2 N–H and O–H groups in total. The summed E-state index contributed by atoms with van der Waals surface area (Å²) in [4.78, 5) is 13.0. The number of hydrogen-bond donors (Lipinski definition) is 2. The first-order valence-electron chi connectivity index (χ1n) is 6.49. The van der Waals surface area contributed by atoms with E-state index >= 15 is 0 Å². The second-order valence-corrected chi connectivity index (χ2v) is 5.39. The van der Waals surface area contributed by atoms with Crippen LogP contribution in [0.15, 0.2) is 30.3 Å². The van der Waals surface area contributed by atoms with E-state index in [0.717, 1.165) is 32.4 Å². The highest BCUT2D eigenvalue weighted by Gasteiger charge is 2.55. The van der Waals surface area contributed by atoms with Crippen molar-refractivity contribution in [1.29, 1.82) is 0 Å². The molecule has 0 aromatic heterocycles. The SMILES string of the molecule is O=C(O)NC1CC12CCN(c1ccccc1)CC2. The summed E-state index contributed by atoms with van der Waals surface area (Å²) < 4.78 is 0. The third-order valence-corrected chi connectivity index (χ3v) is 4.37. The van der Waals surface area contributed by atoms with Crippen LogP contribution in [0.5, 0.6) is 0 Å². The van der Waals surface area contributed by atoms with Gasteiger partial charge in [-0.2, -0.15) is 0 Å². The van der Waals surface area contributed by atoms with Gasteiger partial charge < -0.3 is 15.3 Å². The molecule has 2 aliphatic rings. The van der Waals surface area contributed by atoms with Crippen LogP contribution in [0.2, 0.25) is 0 Å². The number of rotatable bonds is 2. The lowest BCUT2D eigenvalue weighted by Crippen LogP contribution is -2.38. The molecule has 96 valence electrons. The molecule has 0 bridgehead atoms. The number of hydrogen-bond acceptors (Lipinski definition) is 2. The van der Waals surface area contributed by atoms with Crippen molar-refractivity contribution in [2.75, 3.05) is 18.0 Å². The van der Waals surface area contributed by atoms with Crippen molar-refractivity contribution >= 4 is 11.8 Å². The van der Waals surface area contributed by atoms with Crippen molar-refractivity contribution in [3.63, 3.8) is 0 Å². The molecule has 1 aliphatic carbocycles. The van der Waals surface area contributed by atoms with Crippen LogP contribution in [0.3, 0.4) is 0 Å². The number of benzene rings is 1. The predicted molar refractivity (Wildman–Crippen MR) is 69.9 cm³/mol. The van der Waals surface area contributed by atoms with E-state index in [4.69, 9.17) is 5.11 Å². The molecule has 4 nitrogen and oxygen atoms in total. The van der Waals surface area contributed by atoms with Gasteiger partial charge in [0.15, 0.2) is 0 Å². The number of para-hydroxylation sites is 1. The Hall–Kier alpha value is -1.71. The molecule has 1 spiro atoms. The standard InChI is InChI=1S/C14H18N2O2/c17-13(18)15-12-10-14(12)6-8-16(9-7-14)11-4-2-1-3-5-11/h1-5,12,15H,6-10H2,(H,17,18). The van der Waals surface area contributed by atoms with E-state index in [1.165, 1.54) is 5.69 Å². The van der Waals surface area contributed by atoms with E-state index in [9.17, 15) is 4.79 Å². The molecule has 2 fully saturated rings. The van der Waals surface area contributed by atoms with Gasteiger partial charge in [-0.15, -0.1) is 0 Å². The lowest BCUT2D eigenvalue weighted by atomic mass is 9.92. The Morgan fingerprint density at radius 1 is 1.28 bits per heavy atom. The lowest BCUT2D eigenvalue weighted by molar-refractivity contribution is 0.191. The van der Waals surface area contributed by atoms with Crippen molar-refractivity contribution in [2.24, 2.45) is 5.41 Å². The Morgan fingerprint density at radius 2 is 1.94 bits per heavy atom. The average molecular weight is 246 g/mol. The highest BCUT2D eigenvalue weighted by molar-refractivity contribution is 5.65. The minimum Gasteiger partial charge on any atom is -0.465 e. The van der Waals surface area contributed by atoms with Crippen molar-refractivity contribution in [2.45, 2.75) is 25.3 Å². The molecule has 4 heteroatoms. The van der Waals surface area contributed by atoms with E-state index in [2.05, 4.69) is 34.5 Å². The first-order valence-corrected chi connectivity index (χ1v) is 6.49. The van der Waals surface area contributed by atoms with Crippen LogP contribution in [0.25, 0.3) is 0 Å². The molecule has 0 radical (unpaired) electrons. The quantitative estimate of drug-likeness (QED) is 0.842. The van der Waals surface area contributed by atoms with Crippen molar-refractivity contribution in [3.05, 3.63) is 30.3 Å². The number of anilines is 1. The maximum atomic E-state index is 10.6. The molecule has 1 amide bonds. The van der Waals surface area contributed by atoms with Gasteiger partial charge in [-0.05, 0) is 36.8 Å². The van der Waals surface area contributed by atoms with Gasteiger partial charge in [0.1, 0.15) is 0 Å². The van der Waals surface area contributed by atoms with Gasteiger partial charge in [0.25, 0.3) is 0 Å². The average Bonchev–Trinajstić information content (AvgIpc) is 3.02. The first kappa shape index (κ1) is 11.4. The maximum absolute atomic E-state index is 10.6. The van der Waals surface area contributed by atoms with E-state index in [0.29, 0.717) is 0 Å². The largest absolute Gasteiger partial charge is 0.465 e. The molecule has 1 aromatic carbocycles. The van der Waals surface area contributed by atoms with Crippen molar-refractivity contribution < 1.29 is 9.90 Å². The van der Waals surface area contributed by atoms with E-state index < -0.39 is 6.09 Å². The van der Waals surface area contributed by atoms with E-state index in [-0.39, 0.29) is 11.5 Å². The normalized spacial score (nSPS) is 24.9. The smallest absolute Gasteiger partial charge is 0.404 e. The summed E-state index contributed by atoms with van der Waals surface area (Å²) in [6.45, 7) is 2.06. The van der Waals surface area contributed by atoms with Crippen LogP contribution in [-0.4, -0.2) is 30.3 Å². The van der Waals surface area contributed by atoms with E-state index in [1.54, 1.807) is 0 Å². The molecule has 1 heterocycles. The molecule has 18 heavy (non-hydrogen) atoms. The van der Waals surface area contributed by atoms with Gasteiger partial charge >= 0.3 is 6.09 Å². The zero-order valence-corrected chi connectivity index (χ0v) is 10.3. The second kappa shape index (κ2) is 4.19. The zero-order valence-electron chi connectivity index (χ0n) is 10.3. The number of piperidine rings is 1. The van der Waals surface area contributed by atoms with Crippen LogP contribution < -0.4 is 10.2 Å². The van der Waals surface area contributed by atoms with Crippen molar-refractivity contribution in [1.82, 2.24) is 5.32 Å². The van der Waals surface area contributed by atoms with Crippen LogP contribution in [-0.2, 0) is 0 Å². The van der Waals surface area contributed by atoms with E-state index in [1.807, 2.05) is 6.07 Å². The highest BCUT2D eigenvalue weighted by atomic mass is 16.4. The second-order valence-electron chi connectivity index (χ2n) is 5.39. The number of nitrogens with one attached hydrogen (secondary N) is 1. The molecule has 1 unspecified atom stereocenters. The molecule has 1 saturated heterocycles. The van der Waals surface area contributed by atoms with Crippen LogP contribution in [0, 0.1) is 5.41 Å². The molecule has 3 rings (SSSR count). The summed E-state index contributed by atoms with van der Waals surface area (Å²) in [6.07, 6.45) is 2.31. The fraction of sp³-hybridized carbons (Fsp3) is 0.500. The van der Waals surface area contributed by atoms with Crippen LogP contribution in [0.1, 0.15) is 19.3 Å². The Labute approximate surface area is 107 Å². The molecular weight excluding hydrogens is 228 g/mol. The Balaban J connectivity index is 1.58. The third-order valence-electron chi connectivity index (χ3n) is 4.37. The molecule has 1 saturated carbocycles. The Morgan fingerprint density at radius 3 is 2.56 bits per heavy atom. The van der Waals surface area contributed by atoms with Gasteiger partial charge in [-0.3, -0.25) is 0 Å². The Kier molecular flexibility index (Phi) is 2.65. The summed E-state index contributed by atoms with van der Waals surface area (Å²) in [7, 11) is 0. The zero-order chi connectivity index (χ0) is 12.6. The van der Waals surface area contributed by atoms with Crippen molar-refractivity contribution in [3.8, 4) is 0 Å². The summed E-state index contributed by atoms with van der Waals surface area (Å²) in [6, 6.07) is 10.6. The Bertz CT molecular complexity index is 438. The number of amides is 1. The fourth-order valence-corrected chi connectivity index (χ4v) is 3.10. The monoisotopic (exact) mass is 246 g/mol. The predicted octanol–water partition coefficient (Wildman–Crippen LogP) is 2.31. The summed E-state index contributed by atoms with van der Waals surface area (Å²) >= 11 is 0. The third kappa shape index (κ3) is 2.03. The van der Waals surface area contributed by atoms with Gasteiger partial charge in [0.2, 0.25) is 0 Å². The minimum absolute atomic E-state index is 0.188. The van der Waals surface area contributed by atoms with Crippen LogP contribution in [0.4, 0.5) is 10.5 Å². The van der Waals surface area contributed by atoms with Gasteiger partial charge in [-0.1, -0.05) is 18.2 Å². The number of carbonyl (C=O) groups is 1. The molecular formula is C14H18N2O2. The van der Waals surface area contributed by atoms with Gasteiger partial charge in [0, 0.05) is 24.8 Å². The minimum atomic E-state index is -0.887. The molecule has 1 aliphatic heterocycles. The van der Waals surface area contributed by atoms with Crippen LogP contribution >= 0.6 is 0 Å². The summed E-state index contributed by atoms with van der Waals surface area (Å²) in [5.41, 5.74) is 1.53. The number of carboxylic acid groups (broad SMARTS) is 1.